The van der Waals surface area contributed by atoms with E-state index in [2.05, 4.69) is 6.92 Å². The van der Waals surface area contributed by atoms with Crippen LogP contribution in [0.3, 0.4) is 0 Å². The van der Waals surface area contributed by atoms with Crippen LogP contribution in [0.2, 0.25) is 0 Å². The monoisotopic (exact) mass is 692 g/mol. The molecule has 15 atom stereocenters. The molecule has 3 heterocycles. The molecule has 5 fully saturated rings. The molecule has 3 saturated heterocycles. The topological polar surface area (TPSA) is 213 Å². The highest BCUT2D eigenvalue weighted by Gasteiger charge is 2.83. The third kappa shape index (κ3) is 4.17. The third-order valence-electron chi connectivity index (χ3n) is 14.3. The second-order valence-corrected chi connectivity index (χ2v) is 17.9. The predicted octanol–water partition coefficient (Wildman–Crippen LogP) is 0.596. The van der Waals surface area contributed by atoms with Crippen LogP contribution in [0.5, 0.6) is 0 Å². The van der Waals surface area contributed by atoms with E-state index in [9.17, 15) is 45.3 Å². The summed E-state index contributed by atoms with van der Waals surface area (Å²) in [7, 11) is 0. The number of ketones is 2. The van der Waals surface area contributed by atoms with E-state index in [0.717, 1.165) is 5.57 Å². The summed E-state index contributed by atoms with van der Waals surface area (Å²) in [6.07, 6.45) is -4.17. The van der Waals surface area contributed by atoms with Gasteiger partial charge in [-0.2, -0.15) is 0 Å². The van der Waals surface area contributed by atoms with Gasteiger partial charge in [0.2, 0.25) is 17.9 Å². The van der Waals surface area contributed by atoms with Gasteiger partial charge in [0.05, 0.1) is 23.7 Å². The lowest BCUT2D eigenvalue weighted by atomic mass is 9.39. The fourth-order valence-corrected chi connectivity index (χ4v) is 11.7. The second-order valence-electron chi connectivity index (χ2n) is 17.9. The summed E-state index contributed by atoms with van der Waals surface area (Å²) in [6.45, 7) is 13.7. The zero-order valence-corrected chi connectivity index (χ0v) is 29.5. The first-order valence-corrected chi connectivity index (χ1v) is 17.4. The Bertz CT molecular complexity index is 1530. The van der Waals surface area contributed by atoms with Gasteiger partial charge in [-0.25, -0.2) is 0 Å². The van der Waals surface area contributed by atoms with Crippen LogP contribution in [0.4, 0.5) is 0 Å². The minimum absolute atomic E-state index is 0.0178. The van der Waals surface area contributed by atoms with E-state index in [1.165, 1.54) is 6.92 Å². The SMILES string of the molecule is CC1(C)CC2(O)OC3CC4(C)C5CC=C6C(C=C(OC7OC(CO)C(O)C(O)C7O)C(=O)C6(C)C)C5(C)C(=O)CC4(C)C3C(C)(O)C2(O)O1. The van der Waals surface area contributed by atoms with Gasteiger partial charge in [-0.3, -0.25) is 9.59 Å². The molecule has 13 heteroatoms. The Hall–Kier alpha value is -1.78. The number of hydrogen-bond acceptors (Lipinski definition) is 13. The normalized spacial score (nSPS) is 55.7. The third-order valence-corrected chi connectivity index (χ3v) is 14.3. The predicted molar refractivity (Wildman–Crippen MR) is 169 cm³/mol. The van der Waals surface area contributed by atoms with E-state index in [-0.39, 0.29) is 30.3 Å². The lowest BCUT2D eigenvalue weighted by Crippen LogP contribution is -2.76. The molecule has 4 aliphatic carbocycles. The number of carbonyl (C=O) groups excluding carboxylic acids is 2. The van der Waals surface area contributed by atoms with Gasteiger partial charge < -0.3 is 54.7 Å². The Labute approximate surface area is 285 Å². The molecule has 7 N–H and O–H groups in total. The molecule has 274 valence electrons. The van der Waals surface area contributed by atoms with Crippen molar-refractivity contribution in [2.24, 2.45) is 39.4 Å². The Morgan fingerprint density at radius 2 is 1.57 bits per heavy atom. The highest BCUT2D eigenvalue weighted by Crippen LogP contribution is 2.76. The number of aliphatic hydroxyl groups is 7. The molecular formula is C36H52O13. The van der Waals surface area contributed by atoms with Gasteiger partial charge in [-0.1, -0.05) is 32.4 Å². The van der Waals surface area contributed by atoms with E-state index in [0.29, 0.717) is 12.8 Å². The van der Waals surface area contributed by atoms with Crippen LogP contribution in [0, 0.1) is 39.4 Å². The van der Waals surface area contributed by atoms with Crippen LogP contribution in [-0.2, 0) is 28.5 Å². The van der Waals surface area contributed by atoms with Crippen LogP contribution in [0.1, 0.15) is 81.1 Å². The number of Topliss-reactive ketones (excluding diaryl/α,β-unsaturated/α-hetero) is 2. The van der Waals surface area contributed by atoms with Gasteiger partial charge in [-0.05, 0) is 70.3 Å². The van der Waals surface area contributed by atoms with Gasteiger partial charge in [-0.15, -0.1) is 0 Å². The first-order valence-electron chi connectivity index (χ1n) is 17.4. The van der Waals surface area contributed by atoms with Crippen molar-refractivity contribution < 1.29 is 64.3 Å². The molecule has 0 bridgehead atoms. The summed E-state index contributed by atoms with van der Waals surface area (Å²) >= 11 is 0. The highest BCUT2D eigenvalue weighted by atomic mass is 16.8. The molecule has 7 rings (SSSR count). The molecule has 0 aromatic carbocycles. The quantitative estimate of drug-likeness (QED) is 0.202. The van der Waals surface area contributed by atoms with Crippen molar-refractivity contribution in [3.8, 4) is 0 Å². The van der Waals surface area contributed by atoms with Crippen molar-refractivity contribution >= 4 is 11.6 Å². The molecule has 49 heavy (non-hydrogen) atoms. The summed E-state index contributed by atoms with van der Waals surface area (Å²) in [4.78, 5) is 28.8. The zero-order chi connectivity index (χ0) is 36.3. The Balaban J connectivity index is 1.29. The molecule has 15 unspecified atom stereocenters. The molecule has 0 spiro atoms. The zero-order valence-electron chi connectivity index (χ0n) is 29.5. The van der Waals surface area contributed by atoms with Crippen LogP contribution in [-0.4, -0.2) is 114 Å². The second kappa shape index (κ2) is 10.2. The van der Waals surface area contributed by atoms with Crippen LogP contribution in [0.15, 0.2) is 23.5 Å². The van der Waals surface area contributed by atoms with E-state index in [1.807, 2.05) is 19.9 Å². The number of fused-ring (bicyclic) bond motifs is 8. The Morgan fingerprint density at radius 1 is 0.918 bits per heavy atom. The van der Waals surface area contributed by atoms with Crippen molar-refractivity contribution in [2.75, 3.05) is 6.61 Å². The fourth-order valence-electron chi connectivity index (χ4n) is 11.7. The molecule has 13 nitrogen and oxygen atoms in total. The maximum Gasteiger partial charge on any atom is 0.251 e. The standard InChI is InChI=1S/C36H52O13/c1-29(2)15-35(44)36(45,49-29)34(8,43)26-19(48-35)12-31(5)21-10-9-16-17(33(21,7)22(38)13-32(26,31)6)11-18(27(42)30(16,3)4)46-28-25(41)24(40)23(39)20(14-37)47-28/h9,11,17,19-21,23-26,28,37,39-41,43-45H,10,12-15H2,1-8H3. The van der Waals surface area contributed by atoms with E-state index in [4.69, 9.17) is 18.9 Å². The van der Waals surface area contributed by atoms with Crippen molar-refractivity contribution in [2.45, 2.75) is 141 Å². The van der Waals surface area contributed by atoms with Crippen LogP contribution in [0.25, 0.3) is 0 Å². The lowest BCUT2D eigenvalue weighted by Gasteiger charge is -2.64. The number of allylic oxidation sites excluding steroid dienone is 4. The number of aliphatic hydroxyl groups excluding tert-OH is 4. The smallest absolute Gasteiger partial charge is 0.251 e. The largest absolute Gasteiger partial charge is 0.459 e. The van der Waals surface area contributed by atoms with Gasteiger partial charge >= 0.3 is 0 Å². The Morgan fingerprint density at radius 3 is 2.20 bits per heavy atom. The minimum atomic E-state index is -2.45. The Kier molecular flexibility index (Phi) is 7.42. The van der Waals surface area contributed by atoms with Gasteiger partial charge in [0.1, 0.15) is 35.8 Å². The fraction of sp³-hybridized carbons (Fsp3) is 0.833. The molecule has 0 amide bonds. The first-order chi connectivity index (χ1) is 22.4. The minimum Gasteiger partial charge on any atom is -0.459 e. The van der Waals surface area contributed by atoms with E-state index in [1.54, 1.807) is 33.8 Å². The van der Waals surface area contributed by atoms with E-state index < -0.39 is 105 Å². The summed E-state index contributed by atoms with van der Waals surface area (Å²) in [5.74, 6) is -7.04. The molecule has 0 aromatic heterocycles. The summed E-state index contributed by atoms with van der Waals surface area (Å²) < 4.78 is 23.9. The molecule has 3 aliphatic heterocycles. The molecule has 7 aliphatic rings. The average Bonchev–Trinajstić information content (AvgIpc) is 3.33. The van der Waals surface area contributed by atoms with Crippen LogP contribution >= 0.6 is 0 Å². The summed E-state index contributed by atoms with van der Waals surface area (Å²) in [6, 6.07) is 0. The average molecular weight is 693 g/mol. The number of ether oxygens (including phenoxy) is 4. The van der Waals surface area contributed by atoms with Crippen molar-refractivity contribution in [1.82, 2.24) is 0 Å². The summed E-state index contributed by atoms with van der Waals surface area (Å²) in [5, 5.41) is 77.0. The number of carbonyl (C=O) groups is 2. The van der Waals surface area contributed by atoms with Gasteiger partial charge in [0.15, 0.2) is 5.76 Å². The molecule has 2 saturated carbocycles. The van der Waals surface area contributed by atoms with Gasteiger partial charge in [0, 0.05) is 30.1 Å². The maximum absolute atomic E-state index is 14.9. The van der Waals surface area contributed by atoms with Crippen molar-refractivity contribution in [3.63, 3.8) is 0 Å². The number of rotatable bonds is 3. The van der Waals surface area contributed by atoms with Crippen molar-refractivity contribution in [3.05, 3.63) is 23.5 Å². The lowest BCUT2D eigenvalue weighted by molar-refractivity contribution is -0.453. The molecular weight excluding hydrogens is 640 g/mol. The first kappa shape index (κ1) is 35.6. The van der Waals surface area contributed by atoms with Gasteiger partial charge in [0.25, 0.3) is 5.79 Å². The van der Waals surface area contributed by atoms with E-state index >= 15 is 0 Å². The summed E-state index contributed by atoms with van der Waals surface area (Å²) in [5.41, 5.74) is -6.00. The van der Waals surface area contributed by atoms with Crippen LogP contribution < -0.4 is 0 Å². The number of hydrogen-bond donors (Lipinski definition) is 7. The molecule has 0 radical (unpaired) electrons. The maximum atomic E-state index is 14.9. The van der Waals surface area contributed by atoms with Crippen molar-refractivity contribution in [1.29, 1.82) is 0 Å². The molecule has 0 aromatic rings. The highest BCUT2D eigenvalue weighted by molar-refractivity contribution is 6.02.